The van der Waals surface area contributed by atoms with Gasteiger partial charge >= 0.3 is 0 Å². The highest BCUT2D eigenvalue weighted by atomic mass is 15.2. The summed E-state index contributed by atoms with van der Waals surface area (Å²) in [4.78, 5) is 4.46. The van der Waals surface area contributed by atoms with Crippen molar-refractivity contribution in [2.24, 2.45) is 5.92 Å². The smallest absolute Gasteiger partial charge is 0.203 e. The first kappa shape index (κ1) is 9.56. The zero-order chi connectivity index (χ0) is 9.97. The zero-order valence-electron chi connectivity index (χ0n) is 9.08. The molecular formula is C11H19N3. The molecule has 0 saturated heterocycles. The quantitative estimate of drug-likeness (QED) is 0.796. The van der Waals surface area contributed by atoms with Gasteiger partial charge in [-0.2, -0.15) is 0 Å². The third-order valence-electron chi connectivity index (χ3n) is 3.01. The van der Waals surface area contributed by atoms with Crippen molar-refractivity contribution in [3.63, 3.8) is 0 Å². The monoisotopic (exact) mass is 193 g/mol. The molecule has 0 unspecified atom stereocenters. The molecule has 0 aliphatic heterocycles. The van der Waals surface area contributed by atoms with E-state index in [1.165, 1.54) is 19.3 Å². The van der Waals surface area contributed by atoms with Crippen molar-refractivity contribution in [1.29, 1.82) is 0 Å². The molecule has 1 aromatic rings. The van der Waals surface area contributed by atoms with Crippen molar-refractivity contribution >= 4 is 5.95 Å². The zero-order valence-corrected chi connectivity index (χ0v) is 9.08. The topological polar surface area (TPSA) is 29.9 Å². The fraction of sp³-hybridized carbons (Fsp3) is 0.727. The summed E-state index contributed by atoms with van der Waals surface area (Å²) < 4.78 is 2.17. The predicted molar refractivity (Wildman–Crippen MR) is 58.5 cm³/mol. The molecule has 1 aromatic heterocycles. The molecule has 1 heterocycles. The minimum Gasteiger partial charge on any atom is -0.355 e. The Morgan fingerprint density at radius 1 is 1.57 bits per heavy atom. The molecule has 0 amide bonds. The Bertz CT molecular complexity index is 299. The van der Waals surface area contributed by atoms with E-state index in [4.69, 9.17) is 0 Å². The van der Waals surface area contributed by atoms with Crippen molar-refractivity contribution in [2.45, 2.75) is 39.7 Å². The molecule has 0 spiro atoms. The molecule has 1 fully saturated rings. The van der Waals surface area contributed by atoms with Gasteiger partial charge in [-0.15, -0.1) is 0 Å². The average molecular weight is 193 g/mol. The Hall–Kier alpha value is -0.990. The van der Waals surface area contributed by atoms with Gasteiger partial charge in [-0.25, -0.2) is 4.98 Å². The van der Waals surface area contributed by atoms with Crippen LogP contribution in [-0.4, -0.2) is 16.1 Å². The minimum absolute atomic E-state index is 0.886. The second kappa shape index (κ2) is 4.03. The van der Waals surface area contributed by atoms with Crippen LogP contribution in [0.5, 0.6) is 0 Å². The van der Waals surface area contributed by atoms with Gasteiger partial charge in [0.25, 0.3) is 0 Å². The van der Waals surface area contributed by atoms with E-state index >= 15 is 0 Å². The van der Waals surface area contributed by atoms with Gasteiger partial charge in [0.2, 0.25) is 5.95 Å². The summed E-state index contributed by atoms with van der Waals surface area (Å²) in [5, 5.41) is 3.44. The number of nitrogens with one attached hydrogen (secondary N) is 1. The van der Waals surface area contributed by atoms with E-state index in [1.54, 1.807) is 0 Å². The maximum Gasteiger partial charge on any atom is 0.203 e. The number of hydrogen-bond acceptors (Lipinski definition) is 2. The molecule has 0 aromatic carbocycles. The standard InChI is InChI=1S/C11H19N3/c1-3-14-8-9(2)13-11(14)12-7-10-5-4-6-10/h8,10H,3-7H2,1-2H3,(H,12,13). The van der Waals surface area contributed by atoms with Gasteiger partial charge in [-0.1, -0.05) is 6.42 Å². The normalized spacial score (nSPS) is 16.7. The maximum absolute atomic E-state index is 4.46. The minimum atomic E-state index is 0.886. The number of aromatic nitrogens is 2. The van der Waals surface area contributed by atoms with Gasteiger partial charge in [0.1, 0.15) is 0 Å². The lowest BCUT2D eigenvalue weighted by Crippen LogP contribution is -2.22. The Kier molecular flexibility index (Phi) is 2.75. The van der Waals surface area contributed by atoms with Gasteiger partial charge in [-0.3, -0.25) is 0 Å². The van der Waals surface area contributed by atoms with Crippen LogP contribution in [0, 0.1) is 12.8 Å². The third-order valence-corrected chi connectivity index (χ3v) is 3.01. The van der Waals surface area contributed by atoms with Crippen molar-refractivity contribution in [1.82, 2.24) is 9.55 Å². The predicted octanol–water partition coefficient (Wildman–Crippen LogP) is 2.42. The molecule has 78 valence electrons. The van der Waals surface area contributed by atoms with Gasteiger partial charge in [0.05, 0.1) is 5.69 Å². The summed E-state index contributed by atoms with van der Waals surface area (Å²) in [5.41, 5.74) is 1.10. The molecule has 14 heavy (non-hydrogen) atoms. The first-order chi connectivity index (χ1) is 6.79. The number of nitrogens with zero attached hydrogens (tertiary/aromatic N) is 2. The summed E-state index contributed by atoms with van der Waals surface area (Å²) in [5.74, 6) is 1.93. The number of hydrogen-bond donors (Lipinski definition) is 1. The summed E-state index contributed by atoms with van der Waals surface area (Å²) in [7, 11) is 0. The van der Waals surface area contributed by atoms with Crippen molar-refractivity contribution in [2.75, 3.05) is 11.9 Å². The first-order valence-corrected chi connectivity index (χ1v) is 5.57. The number of rotatable bonds is 4. The molecule has 1 saturated carbocycles. The van der Waals surface area contributed by atoms with Gasteiger partial charge in [0, 0.05) is 19.3 Å². The maximum atomic E-state index is 4.46. The van der Waals surface area contributed by atoms with Crippen molar-refractivity contribution in [3.8, 4) is 0 Å². The third kappa shape index (κ3) is 1.91. The van der Waals surface area contributed by atoms with Crippen LogP contribution < -0.4 is 5.32 Å². The highest BCUT2D eigenvalue weighted by Crippen LogP contribution is 2.26. The van der Waals surface area contributed by atoms with Gasteiger partial charge < -0.3 is 9.88 Å². The van der Waals surface area contributed by atoms with E-state index < -0.39 is 0 Å². The first-order valence-electron chi connectivity index (χ1n) is 5.57. The van der Waals surface area contributed by atoms with E-state index in [0.717, 1.165) is 30.6 Å². The Labute approximate surface area is 85.5 Å². The Morgan fingerprint density at radius 3 is 2.93 bits per heavy atom. The van der Waals surface area contributed by atoms with Crippen LogP contribution in [0.4, 0.5) is 5.95 Å². The Morgan fingerprint density at radius 2 is 2.36 bits per heavy atom. The highest BCUT2D eigenvalue weighted by Gasteiger charge is 2.17. The van der Waals surface area contributed by atoms with Gasteiger partial charge in [0.15, 0.2) is 0 Å². The van der Waals surface area contributed by atoms with Crippen molar-refractivity contribution < 1.29 is 0 Å². The molecule has 2 rings (SSSR count). The second-order valence-corrected chi connectivity index (χ2v) is 4.17. The fourth-order valence-electron chi connectivity index (χ4n) is 1.86. The average Bonchev–Trinajstić information content (AvgIpc) is 2.43. The van der Waals surface area contributed by atoms with E-state index in [-0.39, 0.29) is 0 Å². The number of anilines is 1. The number of imidazole rings is 1. The largest absolute Gasteiger partial charge is 0.355 e. The second-order valence-electron chi connectivity index (χ2n) is 4.17. The molecule has 1 aliphatic carbocycles. The summed E-state index contributed by atoms with van der Waals surface area (Å²) in [6, 6.07) is 0. The molecule has 0 radical (unpaired) electrons. The molecule has 3 nitrogen and oxygen atoms in total. The summed E-state index contributed by atoms with van der Waals surface area (Å²) in [6.07, 6.45) is 6.29. The van der Waals surface area contributed by atoms with E-state index in [2.05, 4.69) is 28.0 Å². The van der Waals surface area contributed by atoms with Crippen LogP contribution in [0.2, 0.25) is 0 Å². The molecule has 1 N–H and O–H groups in total. The summed E-state index contributed by atoms with van der Waals surface area (Å²) >= 11 is 0. The van der Waals surface area contributed by atoms with E-state index in [1.807, 2.05) is 6.92 Å². The van der Waals surface area contributed by atoms with Crippen LogP contribution >= 0.6 is 0 Å². The Balaban J connectivity index is 1.92. The summed E-state index contributed by atoms with van der Waals surface area (Å²) in [6.45, 7) is 6.28. The molecule has 0 atom stereocenters. The van der Waals surface area contributed by atoms with E-state index in [0.29, 0.717) is 0 Å². The fourth-order valence-corrected chi connectivity index (χ4v) is 1.86. The van der Waals surface area contributed by atoms with Crippen LogP contribution in [0.3, 0.4) is 0 Å². The molecule has 0 bridgehead atoms. The lowest BCUT2D eigenvalue weighted by atomic mass is 9.85. The van der Waals surface area contributed by atoms with Crippen LogP contribution in [0.15, 0.2) is 6.20 Å². The SMILES string of the molecule is CCn1cc(C)nc1NCC1CCC1. The molecular weight excluding hydrogens is 174 g/mol. The van der Waals surface area contributed by atoms with Crippen LogP contribution in [0.25, 0.3) is 0 Å². The lowest BCUT2D eigenvalue weighted by molar-refractivity contribution is 0.332. The number of aryl methyl sites for hydroxylation is 2. The van der Waals surface area contributed by atoms with Crippen molar-refractivity contribution in [3.05, 3.63) is 11.9 Å². The lowest BCUT2D eigenvalue weighted by Gasteiger charge is -2.25. The highest BCUT2D eigenvalue weighted by molar-refractivity contribution is 5.28. The van der Waals surface area contributed by atoms with Crippen LogP contribution in [0.1, 0.15) is 31.9 Å². The van der Waals surface area contributed by atoms with Gasteiger partial charge in [-0.05, 0) is 32.6 Å². The van der Waals surface area contributed by atoms with E-state index in [9.17, 15) is 0 Å². The molecule has 1 aliphatic rings. The van der Waals surface area contributed by atoms with Crippen LogP contribution in [-0.2, 0) is 6.54 Å². The molecule has 3 heteroatoms.